The first-order valence-electron chi connectivity index (χ1n) is 5.70. The van der Waals surface area contributed by atoms with Crippen molar-refractivity contribution in [3.05, 3.63) is 48.0 Å². The van der Waals surface area contributed by atoms with Crippen molar-refractivity contribution < 1.29 is 14.3 Å². The van der Waals surface area contributed by atoms with Gasteiger partial charge < -0.3 is 15.2 Å². The van der Waals surface area contributed by atoms with E-state index in [1.165, 1.54) is 0 Å². The molecule has 0 saturated carbocycles. The van der Waals surface area contributed by atoms with E-state index >= 15 is 0 Å². The molecule has 4 heteroatoms. The minimum absolute atomic E-state index is 0.310. The molecule has 2 rings (SSSR count). The highest BCUT2D eigenvalue weighted by molar-refractivity contribution is 6.01. The zero-order chi connectivity index (χ0) is 13.8. The van der Waals surface area contributed by atoms with E-state index in [4.69, 9.17) is 15.2 Å². The van der Waals surface area contributed by atoms with Gasteiger partial charge in [0.15, 0.2) is 0 Å². The molecular formula is C15H14NO3. The van der Waals surface area contributed by atoms with Gasteiger partial charge in [-0.1, -0.05) is 12.1 Å². The molecule has 2 N–H and O–H groups in total. The number of primary amides is 1. The van der Waals surface area contributed by atoms with Crippen LogP contribution in [0, 0.1) is 6.07 Å². The van der Waals surface area contributed by atoms with Gasteiger partial charge in [0, 0.05) is 5.56 Å². The average molecular weight is 256 g/mol. The fraction of sp³-hybridized carbons (Fsp3) is 0.133. The molecule has 97 valence electrons. The van der Waals surface area contributed by atoms with E-state index in [1.807, 2.05) is 24.3 Å². The van der Waals surface area contributed by atoms with Crippen LogP contribution < -0.4 is 15.2 Å². The normalized spacial score (nSPS) is 10.0. The first kappa shape index (κ1) is 13.0. The lowest BCUT2D eigenvalue weighted by Crippen LogP contribution is -2.13. The summed E-state index contributed by atoms with van der Waals surface area (Å²) in [4.78, 5) is 11.5. The molecule has 2 aromatic rings. The molecule has 0 saturated heterocycles. The lowest BCUT2D eigenvalue weighted by Gasteiger charge is -2.12. The molecule has 0 bridgehead atoms. The number of carbonyl (C=O) groups excluding carboxylic acids is 1. The maximum Gasteiger partial charge on any atom is 0.250 e. The Balaban J connectivity index is 2.61. The van der Waals surface area contributed by atoms with E-state index in [0.717, 1.165) is 11.3 Å². The summed E-state index contributed by atoms with van der Waals surface area (Å²) >= 11 is 0. The minimum atomic E-state index is -0.537. The first-order chi connectivity index (χ1) is 9.17. The van der Waals surface area contributed by atoms with Crippen LogP contribution in [0.3, 0.4) is 0 Å². The zero-order valence-corrected chi connectivity index (χ0v) is 10.8. The maximum atomic E-state index is 11.5. The largest absolute Gasteiger partial charge is 0.497 e. The number of methoxy groups -OCH3 is 2. The highest BCUT2D eigenvalue weighted by Gasteiger charge is 2.15. The summed E-state index contributed by atoms with van der Waals surface area (Å²) in [6.45, 7) is 0. The molecule has 2 aromatic carbocycles. The van der Waals surface area contributed by atoms with Crippen LogP contribution in [0.5, 0.6) is 11.5 Å². The fourth-order valence-corrected chi connectivity index (χ4v) is 1.89. The summed E-state index contributed by atoms with van der Waals surface area (Å²) in [6, 6.07) is 13.5. The molecule has 0 fully saturated rings. The third kappa shape index (κ3) is 2.52. The first-order valence-corrected chi connectivity index (χ1v) is 5.70. The second-order valence-corrected chi connectivity index (χ2v) is 3.89. The van der Waals surface area contributed by atoms with E-state index in [2.05, 4.69) is 6.07 Å². The third-order valence-corrected chi connectivity index (χ3v) is 2.80. The fourth-order valence-electron chi connectivity index (χ4n) is 1.89. The summed E-state index contributed by atoms with van der Waals surface area (Å²) < 4.78 is 10.4. The number of nitrogens with two attached hydrogens (primary N) is 1. The number of carbonyl (C=O) groups is 1. The predicted molar refractivity (Wildman–Crippen MR) is 72.3 cm³/mol. The quantitative estimate of drug-likeness (QED) is 0.912. The zero-order valence-electron chi connectivity index (χ0n) is 10.8. The average Bonchev–Trinajstić information content (AvgIpc) is 2.46. The minimum Gasteiger partial charge on any atom is -0.497 e. The van der Waals surface area contributed by atoms with Gasteiger partial charge in [0.05, 0.1) is 19.8 Å². The molecule has 0 aliphatic rings. The summed E-state index contributed by atoms with van der Waals surface area (Å²) in [5, 5.41) is 0. The Labute approximate surface area is 111 Å². The van der Waals surface area contributed by atoms with Gasteiger partial charge in [-0.3, -0.25) is 4.79 Å². The maximum absolute atomic E-state index is 11.5. The van der Waals surface area contributed by atoms with Crippen LogP contribution in [0.1, 0.15) is 10.4 Å². The topological polar surface area (TPSA) is 61.5 Å². The molecule has 0 unspecified atom stereocenters. The van der Waals surface area contributed by atoms with Crippen LogP contribution >= 0.6 is 0 Å². The monoisotopic (exact) mass is 256 g/mol. The molecular weight excluding hydrogens is 242 g/mol. The van der Waals surface area contributed by atoms with Crippen LogP contribution in [0.25, 0.3) is 11.1 Å². The lowest BCUT2D eigenvalue weighted by atomic mass is 9.98. The van der Waals surface area contributed by atoms with Gasteiger partial charge in [-0.05, 0) is 35.9 Å². The Morgan fingerprint density at radius 3 is 2.32 bits per heavy atom. The summed E-state index contributed by atoms with van der Waals surface area (Å²) in [5.74, 6) is 0.783. The van der Waals surface area contributed by atoms with Crippen molar-refractivity contribution in [2.75, 3.05) is 14.2 Å². The third-order valence-electron chi connectivity index (χ3n) is 2.80. The highest BCUT2D eigenvalue weighted by atomic mass is 16.5. The van der Waals surface area contributed by atoms with E-state index in [-0.39, 0.29) is 0 Å². The number of amides is 1. The highest BCUT2D eigenvalue weighted by Crippen LogP contribution is 2.33. The van der Waals surface area contributed by atoms with Crippen LogP contribution in [0.15, 0.2) is 36.4 Å². The molecule has 0 aliphatic heterocycles. The Morgan fingerprint density at radius 2 is 1.79 bits per heavy atom. The van der Waals surface area contributed by atoms with E-state index in [1.54, 1.807) is 26.4 Å². The molecule has 1 radical (unpaired) electrons. The Bertz CT molecular complexity index is 591. The van der Waals surface area contributed by atoms with Crippen LogP contribution in [0.2, 0.25) is 0 Å². The van der Waals surface area contributed by atoms with Gasteiger partial charge in [0.2, 0.25) is 5.91 Å². The lowest BCUT2D eigenvalue weighted by molar-refractivity contribution is 0.100. The SMILES string of the molecule is COc1ccc(-c2c(C(N)=O)[c]ccc2OC)cc1. The van der Waals surface area contributed by atoms with Crippen molar-refractivity contribution in [1.29, 1.82) is 0 Å². The molecule has 0 spiro atoms. The number of hydrogen-bond acceptors (Lipinski definition) is 3. The van der Waals surface area contributed by atoms with Crippen molar-refractivity contribution in [2.45, 2.75) is 0 Å². The number of ether oxygens (including phenoxy) is 2. The molecule has 1 amide bonds. The summed E-state index contributed by atoms with van der Waals surface area (Å²) in [6.07, 6.45) is 0. The van der Waals surface area contributed by atoms with Gasteiger partial charge in [-0.25, -0.2) is 0 Å². The molecule has 0 aliphatic carbocycles. The van der Waals surface area contributed by atoms with Gasteiger partial charge >= 0.3 is 0 Å². The summed E-state index contributed by atoms with van der Waals surface area (Å²) in [5.41, 5.74) is 7.15. The molecule has 0 atom stereocenters. The molecule has 0 aromatic heterocycles. The Morgan fingerprint density at radius 1 is 1.11 bits per heavy atom. The van der Waals surface area contributed by atoms with Crippen molar-refractivity contribution in [2.24, 2.45) is 5.73 Å². The van der Waals surface area contributed by atoms with E-state index in [9.17, 15) is 4.79 Å². The number of benzene rings is 2. The van der Waals surface area contributed by atoms with Crippen molar-refractivity contribution >= 4 is 5.91 Å². The second-order valence-electron chi connectivity index (χ2n) is 3.89. The van der Waals surface area contributed by atoms with Crippen molar-refractivity contribution in [3.63, 3.8) is 0 Å². The van der Waals surface area contributed by atoms with Gasteiger partial charge in [0.1, 0.15) is 11.5 Å². The van der Waals surface area contributed by atoms with Crippen LogP contribution in [-0.4, -0.2) is 20.1 Å². The Hall–Kier alpha value is -2.49. The van der Waals surface area contributed by atoms with Gasteiger partial charge in [0.25, 0.3) is 0 Å². The molecule has 4 nitrogen and oxygen atoms in total. The second kappa shape index (κ2) is 5.44. The van der Waals surface area contributed by atoms with Gasteiger partial charge in [-0.2, -0.15) is 0 Å². The van der Waals surface area contributed by atoms with Crippen molar-refractivity contribution in [1.82, 2.24) is 0 Å². The van der Waals surface area contributed by atoms with Crippen LogP contribution in [0.4, 0.5) is 0 Å². The van der Waals surface area contributed by atoms with E-state index < -0.39 is 5.91 Å². The molecule has 0 heterocycles. The number of hydrogen-bond donors (Lipinski definition) is 1. The molecule has 19 heavy (non-hydrogen) atoms. The number of rotatable bonds is 4. The van der Waals surface area contributed by atoms with E-state index in [0.29, 0.717) is 16.9 Å². The standard InChI is InChI=1S/C15H14NO3/c1-18-11-8-6-10(7-9-11)14-12(15(16)17)4-3-5-13(14)19-2/h3,5-9H,1-2H3,(H2,16,17). The smallest absolute Gasteiger partial charge is 0.250 e. The van der Waals surface area contributed by atoms with Crippen LogP contribution in [-0.2, 0) is 0 Å². The van der Waals surface area contributed by atoms with Gasteiger partial charge in [-0.15, -0.1) is 0 Å². The van der Waals surface area contributed by atoms with Crippen molar-refractivity contribution in [3.8, 4) is 22.6 Å². The summed E-state index contributed by atoms with van der Waals surface area (Å²) in [7, 11) is 3.15. The Kier molecular flexibility index (Phi) is 3.71. The predicted octanol–water partition coefficient (Wildman–Crippen LogP) is 2.27.